The van der Waals surface area contributed by atoms with Crippen LogP contribution in [0, 0.1) is 22.8 Å². The van der Waals surface area contributed by atoms with Crippen LogP contribution in [0.15, 0.2) is 88.8 Å². The number of hydrogen-bond donors (Lipinski definition) is 3. The third-order valence-electron chi connectivity index (χ3n) is 7.32. The fourth-order valence-electron chi connectivity index (χ4n) is 5.19. The van der Waals surface area contributed by atoms with Crippen LogP contribution >= 0.6 is 22.6 Å². The molecule has 0 atom stereocenters. The third-order valence-corrected chi connectivity index (χ3v) is 9.73. The van der Waals surface area contributed by atoms with Crippen molar-refractivity contribution in [3.8, 4) is 0 Å². The number of aromatic amines is 1. The highest BCUT2D eigenvalue weighted by Gasteiger charge is 2.29. The van der Waals surface area contributed by atoms with E-state index in [-0.39, 0.29) is 27.8 Å². The highest BCUT2D eigenvalue weighted by atomic mass is 127. The number of imidazole rings is 1. The summed E-state index contributed by atoms with van der Waals surface area (Å²) in [5.41, 5.74) is 5.19. The van der Waals surface area contributed by atoms with E-state index < -0.39 is 10.0 Å². The Kier molecular flexibility index (Phi) is 6.77. The molecule has 0 fully saturated rings. The number of amidine groups is 1. The van der Waals surface area contributed by atoms with Crippen LogP contribution in [0.3, 0.4) is 0 Å². The maximum Gasteiger partial charge on any atom is 0.268 e. The second-order valence-corrected chi connectivity index (χ2v) is 13.4. The van der Waals surface area contributed by atoms with Crippen LogP contribution in [0.5, 0.6) is 0 Å². The molecule has 3 N–H and O–H groups in total. The van der Waals surface area contributed by atoms with E-state index >= 15 is 0 Å². The maximum absolute atomic E-state index is 14.1. The number of H-pyrrole nitrogens is 1. The number of aliphatic hydroxyl groups is 1. The number of halogens is 1. The highest BCUT2D eigenvalue weighted by molar-refractivity contribution is 14.1. The van der Waals surface area contributed by atoms with E-state index in [1.54, 1.807) is 42.5 Å². The molecule has 0 amide bonds. The van der Waals surface area contributed by atoms with Crippen molar-refractivity contribution in [3.63, 3.8) is 0 Å². The minimum atomic E-state index is -4.09. The molecule has 3 heterocycles. The molecule has 8 nitrogen and oxygen atoms in total. The van der Waals surface area contributed by atoms with Crippen molar-refractivity contribution in [1.82, 2.24) is 13.9 Å². The van der Waals surface area contributed by atoms with Crippen LogP contribution in [0.25, 0.3) is 27.7 Å². The number of rotatable bonds is 4. The van der Waals surface area contributed by atoms with Gasteiger partial charge >= 0.3 is 0 Å². The minimum Gasteiger partial charge on any atom is -0.505 e. The summed E-state index contributed by atoms with van der Waals surface area (Å²) in [5, 5.41) is 21.8. The zero-order valence-corrected chi connectivity index (χ0v) is 25.7. The Balaban J connectivity index is 1.56. The first-order chi connectivity index (χ1) is 19.5. The molecule has 3 aromatic carbocycles. The Bertz CT molecular complexity index is 2040. The van der Waals surface area contributed by atoms with E-state index in [4.69, 9.17) is 0 Å². The summed E-state index contributed by atoms with van der Waals surface area (Å²) < 4.78 is 30.3. The molecule has 10 heteroatoms. The molecule has 0 radical (unpaired) electrons. The summed E-state index contributed by atoms with van der Waals surface area (Å²) in [5.74, 6) is 0.603. The summed E-state index contributed by atoms with van der Waals surface area (Å²) in [6.45, 7) is 6.27. The first kappa shape index (κ1) is 27.3. The van der Waals surface area contributed by atoms with Crippen LogP contribution < -0.4 is 4.90 Å². The molecule has 6 rings (SSSR count). The van der Waals surface area contributed by atoms with Gasteiger partial charge < -0.3 is 15.0 Å². The van der Waals surface area contributed by atoms with Crippen LogP contribution in [-0.4, -0.2) is 39.8 Å². The van der Waals surface area contributed by atoms with Gasteiger partial charge in [-0.05, 0) is 104 Å². The summed E-state index contributed by atoms with van der Waals surface area (Å²) in [4.78, 5) is 9.67. The largest absolute Gasteiger partial charge is 0.505 e. The standard InChI is InChI=1S/C31H28IN5O3S/c1-18-4-9-24(10-5-18)41(39,40)37-28-16-22(32)7-6-21(28)15-29(37)30(38)25-14-19(2)12-13-36(31(25)33)23-8-11-26-27(17-23)35-20(3)34-26/h4-11,14-17,33,38H,12-13H2,1-3H3,(H,34,35). The lowest BCUT2D eigenvalue weighted by Gasteiger charge is -2.24. The average molecular weight is 678 g/mol. The molecule has 0 saturated heterocycles. The average Bonchev–Trinajstić information content (AvgIpc) is 3.46. The van der Waals surface area contributed by atoms with E-state index in [2.05, 4.69) is 32.6 Å². The van der Waals surface area contributed by atoms with Crippen LogP contribution in [0.1, 0.15) is 30.4 Å². The molecule has 0 aliphatic carbocycles. The maximum atomic E-state index is 14.1. The summed E-state index contributed by atoms with van der Waals surface area (Å²) in [6.07, 6.45) is 2.45. The molecular weight excluding hydrogens is 649 g/mol. The molecule has 0 unspecified atom stereocenters. The fourth-order valence-corrected chi connectivity index (χ4v) is 7.17. The summed E-state index contributed by atoms with van der Waals surface area (Å²) in [7, 11) is -4.09. The smallest absolute Gasteiger partial charge is 0.268 e. The van der Waals surface area contributed by atoms with Crippen LogP contribution in [0.2, 0.25) is 0 Å². The van der Waals surface area contributed by atoms with Gasteiger partial charge in [-0.2, -0.15) is 0 Å². The number of benzene rings is 3. The van der Waals surface area contributed by atoms with Crippen molar-refractivity contribution in [3.05, 3.63) is 105 Å². The lowest BCUT2D eigenvalue weighted by Crippen LogP contribution is -2.31. The van der Waals surface area contributed by atoms with Gasteiger partial charge in [0.15, 0.2) is 5.76 Å². The Morgan fingerprint density at radius 2 is 1.78 bits per heavy atom. The molecule has 1 aliphatic rings. The Labute approximate surface area is 251 Å². The Morgan fingerprint density at radius 1 is 1.02 bits per heavy atom. The molecule has 5 aromatic rings. The van der Waals surface area contributed by atoms with Crippen molar-refractivity contribution < 1.29 is 13.5 Å². The van der Waals surface area contributed by atoms with Gasteiger partial charge in [0.1, 0.15) is 17.4 Å². The van der Waals surface area contributed by atoms with Crippen molar-refractivity contribution in [2.45, 2.75) is 32.1 Å². The zero-order valence-electron chi connectivity index (χ0n) is 22.7. The quantitative estimate of drug-likeness (QED) is 0.139. The number of aryl methyl sites for hydroxylation is 2. The van der Waals surface area contributed by atoms with Crippen molar-refractivity contribution in [1.29, 1.82) is 5.41 Å². The topological polar surface area (TPSA) is 115 Å². The van der Waals surface area contributed by atoms with Gasteiger partial charge in [-0.15, -0.1) is 0 Å². The Morgan fingerprint density at radius 3 is 2.54 bits per heavy atom. The number of hydrogen-bond acceptors (Lipinski definition) is 5. The third kappa shape index (κ3) is 4.84. The van der Waals surface area contributed by atoms with Gasteiger partial charge in [0.25, 0.3) is 10.0 Å². The molecule has 208 valence electrons. The first-order valence-electron chi connectivity index (χ1n) is 13.1. The lowest BCUT2D eigenvalue weighted by atomic mass is 10.1. The van der Waals surface area contributed by atoms with Gasteiger partial charge in [0.05, 0.1) is 27.0 Å². The zero-order chi connectivity index (χ0) is 29.1. The Hall–Kier alpha value is -3.90. The van der Waals surface area contributed by atoms with E-state index in [1.807, 2.05) is 56.0 Å². The van der Waals surface area contributed by atoms with E-state index in [9.17, 15) is 18.9 Å². The van der Waals surface area contributed by atoms with Gasteiger partial charge in [-0.3, -0.25) is 5.41 Å². The van der Waals surface area contributed by atoms with E-state index in [0.29, 0.717) is 23.9 Å². The number of anilines is 1. The van der Waals surface area contributed by atoms with Gasteiger partial charge in [-0.1, -0.05) is 29.3 Å². The monoisotopic (exact) mass is 677 g/mol. The molecule has 2 aromatic heterocycles. The van der Waals surface area contributed by atoms with Gasteiger partial charge in [-0.25, -0.2) is 17.4 Å². The SMILES string of the molecule is CC1=CC(=C(O)c2cc3ccc(I)cc3n2S(=O)(=O)c2ccc(C)cc2)C(=N)N(c2ccc3nc(C)[nH]c3c2)CC1. The minimum absolute atomic E-state index is 0.0778. The first-order valence-corrected chi connectivity index (χ1v) is 15.6. The van der Waals surface area contributed by atoms with Crippen molar-refractivity contribution >= 4 is 71.8 Å². The van der Waals surface area contributed by atoms with Crippen LogP contribution in [0.4, 0.5) is 5.69 Å². The normalized spacial score (nSPS) is 15.9. The van der Waals surface area contributed by atoms with Crippen LogP contribution in [-0.2, 0) is 10.0 Å². The molecule has 1 aliphatic heterocycles. The molecule has 0 spiro atoms. The van der Waals surface area contributed by atoms with Gasteiger partial charge in [0, 0.05) is 21.2 Å². The lowest BCUT2D eigenvalue weighted by molar-refractivity contribution is 0.504. The molecule has 41 heavy (non-hydrogen) atoms. The predicted octanol–water partition coefficient (Wildman–Crippen LogP) is 7.08. The predicted molar refractivity (Wildman–Crippen MR) is 172 cm³/mol. The van der Waals surface area contributed by atoms with Gasteiger partial charge in [0.2, 0.25) is 0 Å². The molecular formula is C31H28IN5O3S. The highest BCUT2D eigenvalue weighted by Crippen LogP contribution is 2.34. The second-order valence-electron chi connectivity index (χ2n) is 10.3. The molecule has 0 bridgehead atoms. The van der Waals surface area contributed by atoms with E-state index in [1.165, 1.54) is 3.97 Å². The van der Waals surface area contributed by atoms with E-state index in [0.717, 1.165) is 37.3 Å². The fraction of sp³-hybridized carbons (Fsp3) is 0.161. The number of aliphatic hydroxyl groups excluding tert-OH is 1. The number of nitrogens with one attached hydrogen (secondary N) is 2. The molecule has 0 saturated carbocycles. The summed E-state index contributed by atoms with van der Waals surface area (Å²) >= 11 is 2.15. The summed E-state index contributed by atoms with van der Waals surface area (Å²) in [6, 6.07) is 19.6. The number of fused-ring (bicyclic) bond motifs is 2. The number of nitrogens with zero attached hydrogens (tertiary/aromatic N) is 3. The van der Waals surface area contributed by atoms with Crippen molar-refractivity contribution in [2.24, 2.45) is 0 Å². The van der Waals surface area contributed by atoms with Crippen molar-refractivity contribution in [2.75, 3.05) is 11.4 Å². The number of aromatic nitrogens is 3. The second kappa shape index (κ2) is 10.2.